The molecule has 1 atom stereocenters. The third-order valence-corrected chi connectivity index (χ3v) is 18.4. The van der Waals surface area contributed by atoms with Gasteiger partial charge in [-0.05, 0) is 145 Å². The molecule has 1 aliphatic carbocycles. The Labute approximate surface area is 390 Å². The predicted octanol–water partition coefficient (Wildman–Crippen LogP) is 3.80. The zero-order chi connectivity index (χ0) is 39.6. The van der Waals surface area contributed by atoms with Crippen molar-refractivity contribution in [1.82, 2.24) is 0 Å². The van der Waals surface area contributed by atoms with Crippen LogP contribution in [0.5, 0.6) is 0 Å². The monoisotopic (exact) mass is 886 g/mol. The van der Waals surface area contributed by atoms with Gasteiger partial charge in [-0.2, -0.15) is 11.1 Å². The fourth-order valence-corrected chi connectivity index (χ4v) is 16.6. The van der Waals surface area contributed by atoms with Crippen molar-refractivity contribution < 1.29 is 58.9 Å². The second kappa shape index (κ2) is 19.1. The number of rotatable bonds is 7. The summed E-state index contributed by atoms with van der Waals surface area (Å²) in [6.45, 7) is 29.7. The summed E-state index contributed by atoms with van der Waals surface area (Å²) in [6, 6.07) is 43.0. The van der Waals surface area contributed by atoms with Gasteiger partial charge in [0.05, 0.1) is 0 Å². The Morgan fingerprint density at radius 2 is 0.678 bits per heavy atom. The molecule has 0 saturated heterocycles. The third kappa shape index (κ3) is 8.59. The summed E-state index contributed by atoms with van der Waals surface area (Å²) < 4.78 is 0. The van der Waals surface area contributed by atoms with Gasteiger partial charge in [-0.25, -0.2) is 5.57 Å². The van der Waals surface area contributed by atoms with Crippen LogP contribution in [-0.4, -0.2) is 8.07 Å². The van der Waals surface area contributed by atoms with Gasteiger partial charge in [0.2, 0.25) is 0 Å². The fourth-order valence-electron chi connectivity index (χ4n) is 10.6. The molecule has 0 heterocycles. The van der Waals surface area contributed by atoms with Gasteiger partial charge in [0.15, 0.2) is 0 Å². The largest absolute Gasteiger partial charge is 4.00 e. The van der Waals surface area contributed by atoms with Crippen molar-refractivity contribution >= 4 is 23.6 Å². The Morgan fingerprint density at radius 3 is 0.915 bits per heavy atom. The van der Waals surface area contributed by atoms with Gasteiger partial charge >= 0.3 is 21.7 Å². The summed E-state index contributed by atoms with van der Waals surface area (Å²) in [5.74, 6) is 0. The van der Waals surface area contributed by atoms with E-state index in [-0.39, 0.29) is 64.0 Å². The molecule has 0 aromatic heterocycles. The molecule has 5 heteroatoms. The first-order valence-electron chi connectivity index (χ1n) is 19.9. The number of halogens is 3. The SMILES string of the molecule is CC1=[C-]C(C)([Si](c2cccc(-c3c(C)cc(C)cc3C)c2)(c2cccc(-c3c(C)cc(C)cc3C)c2)c2cccc(-c3c(C)cc(C)cc3C)c2)C(C)=C1C.[Cl-].[Cl-].[Cl-].[Ti+4]. The van der Waals surface area contributed by atoms with E-state index >= 15 is 0 Å². The first kappa shape index (κ1) is 50.0. The van der Waals surface area contributed by atoms with E-state index in [0.717, 1.165) is 0 Å². The minimum atomic E-state index is -3.08. The Balaban J connectivity index is 0.00000233. The molecule has 6 aromatic carbocycles. The Kier molecular flexibility index (Phi) is 16.2. The van der Waals surface area contributed by atoms with E-state index < -0.39 is 8.07 Å². The van der Waals surface area contributed by atoms with Crippen molar-refractivity contribution in [2.75, 3.05) is 0 Å². The van der Waals surface area contributed by atoms with Crippen molar-refractivity contribution in [2.45, 2.75) is 95.0 Å². The van der Waals surface area contributed by atoms with Crippen LogP contribution in [0.1, 0.15) is 77.8 Å². The minimum Gasteiger partial charge on any atom is -1.00 e. The van der Waals surface area contributed by atoms with E-state index in [2.05, 4.69) is 205 Å². The van der Waals surface area contributed by atoms with E-state index in [4.69, 9.17) is 0 Å². The van der Waals surface area contributed by atoms with Crippen LogP contribution in [0.3, 0.4) is 0 Å². The molecule has 0 saturated carbocycles. The minimum absolute atomic E-state index is 0. The maximum Gasteiger partial charge on any atom is 4.00 e. The molecule has 1 aliphatic rings. The molecule has 0 fully saturated rings. The van der Waals surface area contributed by atoms with Crippen LogP contribution in [0.25, 0.3) is 33.4 Å². The molecule has 59 heavy (non-hydrogen) atoms. The summed E-state index contributed by atoms with van der Waals surface area (Å²) in [5, 5.41) is 3.85. The first-order chi connectivity index (χ1) is 26.1. The van der Waals surface area contributed by atoms with Gasteiger partial charge in [-0.15, -0.1) is 6.92 Å². The maximum atomic E-state index is 4.24. The summed E-state index contributed by atoms with van der Waals surface area (Å²) in [7, 11) is -3.08. The van der Waals surface area contributed by atoms with Crippen molar-refractivity contribution in [1.29, 1.82) is 0 Å². The smallest absolute Gasteiger partial charge is 1.00 e. The van der Waals surface area contributed by atoms with Gasteiger partial charge in [0.25, 0.3) is 0 Å². The Hall–Kier alpha value is -3.40. The van der Waals surface area contributed by atoms with Crippen LogP contribution < -0.4 is 52.8 Å². The first-order valence-corrected chi connectivity index (χ1v) is 21.9. The zero-order valence-corrected chi connectivity index (χ0v) is 41.9. The molecule has 0 spiro atoms. The van der Waals surface area contributed by atoms with E-state index in [1.54, 1.807) is 0 Å². The van der Waals surface area contributed by atoms with Crippen molar-refractivity contribution in [2.24, 2.45) is 0 Å². The molecule has 1 unspecified atom stereocenters. The number of allylic oxidation sites excluding steroid dienone is 4. The van der Waals surface area contributed by atoms with Gasteiger partial charge in [-0.3, -0.25) is 6.08 Å². The number of hydrogen-bond donors (Lipinski definition) is 0. The van der Waals surface area contributed by atoms with E-state index in [1.165, 1.54) is 116 Å². The number of aryl methyl sites for hydroxylation is 9. The van der Waals surface area contributed by atoms with Crippen LogP contribution >= 0.6 is 0 Å². The summed E-state index contributed by atoms with van der Waals surface area (Å²) in [6.07, 6.45) is 4.24. The standard InChI is InChI=1S/C54H57Si.3ClH.Ti/c1-33-23-36(4)51(37(5)24-33)45-17-14-20-48(29-45)55(54(13)32-42(10)43(11)44(54)12,49-21-15-18-46(30-49)52-38(6)25-34(2)26-39(52)7)50-22-16-19-47(31-50)53-40(8)27-35(3)28-41(53)9;;;;/h14-31H,1-13H3;3*1H;/q-1;;;;+4/p-3. The van der Waals surface area contributed by atoms with Crippen LogP contribution in [0, 0.1) is 68.4 Å². The summed E-state index contributed by atoms with van der Waals surface area (Å²) in [5.41, 5.74) is 23.8. The molecule has 0 aliphatic heterocycles. The van der Waals surface area contributed by atoms with Gasteiger partial charge in [0.1, 0.15) is 8.07 Å². The summed E-state index contributed by atoms with van der Waals surface area (Å²) >= 11 is 0. The molecular weight excluding hydrogens is 831 g/mol. The van der Waals surface area contributed by atoms with Crippen LogP contribution in [0.4, 0.5) is 0 Å². The topological polar surface area (TPSA) is 0 Å². The average Bonchev–Trinajstić information content (AvgIpc) is 3.30. The van der Waals surface area contributed by atoms with Crippen molar-refractivity contribution in [3.8, 4) is 33.4 Å². The second-order valence-electron chi connectivity index (χ2n) is 16.9. The fraction of sp³-hybridized carbons (Fsp3) is 0.259. The molecule has 0 amide bonds. The van der Waals surface area contributed by atoms with Gasteiger partial charge < -0.3 is 37.2 Å². The predicted molar refractivity (Wildman–Crippen MR) is 242 cm³/mol. The van der Waals surface area contributed by atoms with Crippen LogP contribution in [0.15, 0.2) is 126 Å². The molecule has 0 radical (unpaired) electrons. The second-order valence-corrected chi connectivity index (χ2v) is 21.2. The molecule has 0 bridgehead atoms. The molecule has 302 valence electrons. The van der Waals surface area contributed by atoms with E-state index in [0.29, 0.717) is 0 Å². The average molecular weight is 888 g/mol. The van der Waals surface area contributed by atoms with Crippen LogP contribution in [0.2, 0.25) is 5.04 Å². The van der Waals surface area contributed by atoms with Crippen molar-refractivity contribution in [3.63, 3.8) is 0 Å². The summed E-state index contributed by atoms with van der Waals surface area (Å²) in [4.78, 5) is 0. The van der Waals surface area contributed by atoms with Gasteiger partial charge in [0, 0.05) is 0 Å². The molecule has 0 nitrogen and oxygen atoms in total. The van der Waals surface area contributed by atoms with Gasteiger partial charge in [-0.1, -0.05) is 152 Å². The quantitative estimate of drug-likeness (QED) is 0.130. The van der Waals surface area contributed by atoms with E-state index in [1.807, 2.05) is 0 Å². The maximum absolute atomic E-state index is 4.24. The van der Waals surface area contributed by atoms with Crippen LogP contribution in [-0.2, 0) is 21.7 Å². The zero-order valence-electron chi connectivity index (χ0n) is 37.0. The number of hydrogen-bond acceptors (Lipinski definition) is 0. The molecule has 6 aromatic rings. The Morgan fingerprint density at radius 1 is 0.407 bits per heavy atom. The normalized spacial score (nSPS) is 14.8. The Bertz CT molecular complexity index is 2280. The molecular formula is C54H57Cl3SiTi. The third-order valence-electron chi connectivity index (χ3n) is 12.8. The van der Waals surface area contributed by atoms with Crippen molar-refractivity contribution in [3.05, 3.63) is 182 Å². The van der Waals surface area contributed by atoms with E-state index in [9.17, 15) is 0 Å². The molecule has 0 N–H and O–H groups in total. The molecule has 7 rings (SSSR count). The number of benzene rings is 6.